The molecule has 0 bridgehead atoms. The summed E-state index contributed by atoms with van der Waals surface area (Å²) in [5, 5.41) is 3.81. The lowest BCUT2D eigenvalue weighted by Gasteiger charge is -2.06. The van der Waals surface area contributed by atoms with E-state index in [2.05, 4.69) is 10.1 Å². The molecule has 0 fully saturated rings. The van der Waals surface area contributed by atoms with E-state index in [4.69, 9.17) is 15.0 Å². The maximum Gasteiger partial charge on any atom is 0.264 e. The second kappa shape index (κ2) is 6.27. The van der Waals surface area contributed by atoms with Crippen molar-refractivity contribution in [3.63, 3.8) is 0 Å². The number of benzene rings is 2. The highest BCUT2D eigenvalue weighted by Gasteiger charge is 2.12. The predicted octanol–water partition coefficient (Wildman–Crippen LogP) is 2.55. The molecule has 2 N–H and O–H groups in total. The van der Waals surface area contributed by atoms with Crippen molar-refractivity contribution in [1.29, 1.82) is 0 Å². The van der Waals surface area contributed by atoms with Crippen LogP contribution >= 0.6 is 0 Å². The van der Waals surface area contributed by atoms with Crippen molar-refractivity contribution < 1.29 is 18.4 Å². The molecular weight excluding hydrogens is 301 g/mol. The van der Waals surface area contributed by atoms with Crippen LogP contribution in [0.2, 0.25) is 0 Å². The third-order valence-corrected chi connectivity index (χ3v) is 3.07. The number of carbonyl (C=O) groups excluding carboxylic acids is 1. The smallest absolute Gasteiger partial charge is 0.264 e. The molecular formula is C16H12FN3O3. The first kappa shape index (κ1) is 14.7. The van der Waals surface area contributed by atoms with Crippen LogP contribution in [0.1, 0.15) is 16.2 Å². The van der Waals surface area contributed by atoms with Crippen LogP contribution in [-0.4, -0.2) is 16.0 Å². The van der Waals surface area contributed by atoms with Gasteiger partial charge in [0.25, 0.3) is 11.8 Å². The van der Waals surface area contributed by atoms with Crippen LogP contribution in [0.15, 0.2) is 53.1 Å². The van der Waals surface area contributed by atoms with E-state index >= 15 is 0 Å². The van der Waals surface area contributed by atoms with Crippen LogP contribution in [0.4, 0.5) is 4.39 Å². The molecule has 0 radical (unpaired) electrons. The molecule has 116 valence electrons. The Balaban J connectivity index is 1.73. The van der Waals surface area contributed by atoms with Crippen LogP contribution < -0.4 is 10.5 Å². The minimum absolute atomic E-state index is 0.0154. The molecule has 1 heterocycles. The standard InChI is InChI=1S/C16H12FN3O3/c17-11-7-5-10(6-8-11)16-19-14(23-20-16)9-22-13-4-2-1-3-12(13)15(18)21/h1-8H,9H2,(H2,18,21). The summed E-state index contributed by atoms with van der Waals surface area (Å²) in [6, 6.07) is 12.3. The van der Waals surface area contributed by atoms with Gasteiger partial charge < -0.3 is 15.0 Å². The number of hydrogen-bond donors (Lipinski definition) is 1. The zero-order valence-corrected chi connectivity index (χ0v) is 11.9. The van der Waals surface area contributed by atoms with Crippen molar-refractivity contribution in [2.75, 3.05) is 0 Å². The molecule has 23 heavy (non-hydrogen) atoms. The molecule has 0 saturated carbocycles. The molecule has 2 aromatic carbocycles. The summed E-state index contributed by atoms with van der Waals surface area (Å²) in [6.07, 6.45) is 0. The number of carbonyl (C=O) groups is 1. The first-order valence-electron chi connectivity index (χ1n) is 6.73. The topological polar surface area (TPSA) is 91.2 Å². The average Bonchev–Trinajstić information content (AvgIpc) is 3.03. The molecule has 6 nitrogen and oxygen atoms in total. The molecule has 0 aliphatic rings. The van der Waals surface area contributed by atoms with E-state index in [1.807, 2.05) is 0 Å². The molecule has 1 aromatic heterocycles. The van der Waals surface area contributed by atoms with Crippen LogP contribution in [0.3, 0.4) is 0 Å². The molecule has 0 spiro atoms. The third-order valence-electron chi connectivity index (χ3n) is 3.07. The number of hydrogen-bond acceptors (Lipinski definition) is 5. The van der Waals surface area contributed by atoms with Gasteiger partial charge in [0.1, 0.15) is 11.6 Å². The fraction of sp³-hybridized carbons (Fsp3) is 0.0625. The Kier molecular flexibility index (Phi) is 4.01. The first-order valence-corrected chi connectivity index (χ1v) is 6.73. The highest BCUT2D eigenvalue weighted by Crippen LogP contribution is 2.20. The van der Waals surface area contributed by atoms with E-state index < -0.39 is 5.91 Å². The summed E-state index contributed by atoms with van der Waals surface area (Å²) in [7, 11) is 0. The van der Waals surface area contributed by atoms with Gasteiger partial charge in [-0.25, -0.2) is 4.39 Å². The first-order chi connectivity index (χ1) is 11.1. The summed E-state index contributed by atoms with van der Waals surface area (Å²) >= 11 is 0. The number of primary amides is 1. The van der Waals surface area contributed by atoms with Gasteiger partial charge in [-0.15, -0.1) is 0 Å². The van der Waals surface area contributed by atoms with Crippen LogP contribution in [0.25, 0.3) is 11.4 Å². The van der Waals surface area contributed by atoms with Crippen molar-refractivity contribution in [1.82, 2.24) is 10.1 Å². The second-order valence-corrected chi connectivity index (χ2v) is 4.67. The Morgan fingerprint density at radius 3 is 2.65 bits per heavy atom. The lowest BCUT2D eigenvalue weighted by atomic mass is 10.2. The Morgan fingerprint density at radius 1 is 1.17 bits per heavy atom. The second-order valence-electron chi connectivity index (χ2n) is 4.67. The highest BCUT2D eigenvalue weighted by molar-refractivity contribution is 5.95. The van der Waals surface area contributed by atoms with Gasteiger partial charge in [-0.05, 0) is 36.4 Å². The number of nitrogens with zero attached hydrogens (tertiary/aromatic N) is 2. The van der Waals surface area contributed by atoms with E-state index in [-0.39, 0.29) is 23.9 Å². The molecule has 7 heteroatoms. The van der Waals surface area contributed by atoms with E-state index in [0.29, 0.717) is 17.1 Å². The number of amides is 1. The van der Waals surface area contributed by atoms with Crippen molar-refractivity contribution in [3.05, 3.63) is 65.8 Å². The molecule has 0 saturated heterocycles. The number of nitrogens with two attached hydrogens (primary N) is 1. The SMILES string of the molecule is NC(=O)c1ccccc1OCc1nc(-c2ccc(F)cc2)no1. The monoisotopic (exact) mass is 313 g/mol. The molecule has 3 rings (SSSR count). The number of rotatable bonds is 5. The lowest BCUT2D eigenvalue weighted by molar-refractivity contribution is 0.0995. The molecule has 0 aliphatic carbocycles. The minimum atomic E-state index is -0.585. The molecule has 0 unspecified atom stereocenters. The summed E-state index contributed by atoms with van der Waals surface area (Å²) in [4.78, 5) is 15.5. The van der Waals surface area contributed by atoms with E-state index in [1.165, 1.54) is 12.1 Å². The maximum atomic E-state index is 12.9. The van der Waals surface area contributed by atoms with Crippen molar-refractivity contribution >= 4 is 5.91 Å². The zero-order chi connectivity index (χ0) is 16.2. The predicted molar refractivity (Wildman–Crippen MR) is 79.0 cm³/mol. The fourth-order valence-electron chi connectivity index (χ4n) is 1.97. The fourth-order valence-corrected chi connectivity index (χ4v) is 1.97. The van der Waals surface area contributed by atoms with Gasteiger partial charge in [-0.1, -0.05) is 17.3 Å². The third kappa shape index (κ3) is 3.34. The van der Waals surface area contributed by atoms with Gasteiger partial charge in [0, 0.05) is 5.56 Å². The number of ether oxygens (including phenoxy) is 1. The summed E-state index contributed by atoms with van der Waals surface area (Å²) in [5.74, 6) is -0.0427. The van der Waals surface area contributed by atoms with E-state index in [1.54, 1.807) is 36.4 Å². The van der Waals surface area contributed by atoms with Gasteiger partial charge in [-0.3, -0.25) is 4.79 Å². The average molecular weight is 313 g/mol. The van der Waals surface area contributed by atoms with Crippen LogP contribution in [0.5, 0.6) is 5.75 Å². The van der Waals surface area contributed by atoms with Gasteiger partial charge >= 0.3 is 0 Å². The Hall–Kier alpha value is -3.22. The largest absolute Gasteiger partial charge is 0.483 e. The summed E-state index contributed by atoms with van der Waals surface area (Å²) in [6.45, 7) is -0.0154. The summed E-state index contributed by atoms with van der Waals surface area (Å²) in [5.41, 5.74) is 6.17. The molecule has 0 aliphatic heterocycles. The molecule has 1 amide bonds. The van der Waals surface area contributed by atoms with Crippen LogP contribution in [-0.2, 0) is 6.61 Å². The number of halogens is 1. The Morgan fingerprint density at radius 2 is 1.91 bits per heavy atom. The quantitative estimate of drug-likeness (QED) is 0.781. The normalized spacial score (nSPS) is 10.5. The van der Waals surface area contributed by atoms with Gasteiger partial charge in [0.05, 0.1) is 5.56 Å². The van der Waals surface area contributed by atoms with E-state index in [0.717, 1.165) is 0 Å². The zero-order valence-electron chi connectivity index (χ0n) is 11.9. The van der Waals surface area contributed by atoms with Gasteiger partial charge in [0.15, 0.2) is 6.61 Å². The van der Waals surface area contributed by atoms with E-state index in [9.17, 15) is 9.18 Å². The molecule has 0 atom stereocenters. The summed E-state index contributed by atoms with van der Waals surface area (Å²) < 4.78 is 23.5. The van der Waals surface area contributed by atoms with Gasteiger partial charge in [0.2, 0.25) is 5.82 Å². The minimum Gasteiger partial charge on any atom is -0.483 e. The molecule has 3 aromatic rings. The van der Waals surface area contributed by atoms with Crippen LogP contribution in [0, 0.1) is 5.82 Å². The highest BCUT2D eigenvalue weighted by atomic mass is 19.1. The Labute approximate surface area is 130 Å². The van der Waals surface area contributed by atoms with Crippen molar-refractivity contribution in [3.8, 4) is 17.1 Å². The lowest BCUT2D eigenvalue weighted by Crippen LogP contribution is -2.12. The van der Waals surface area contributed by atoms with Crippen molar-refractivity contribution in [2.45, 2.75) is 6.61 Å². The Bertz CT molecular complexity index is 831. The number of aromatic nitrogens is 2. The number of para-hydroxylation sites is 1. The van der Waals surface area contributed by atoms with Crippen molar-refractivity contribution in [2.24, 2.45) is 5.73 Å². The maximum absolute atomic E-state index is 12.9. The van der Waals surface area contributed by atoms with Gasteiger partial charge in [-0.2, -0.15) is 4.98 Å².